The Morgan fingerprint density at radius 2 is 1.68 bits per heavy atom. The molecule has 0 fully saturated rings. The van der Waals surface area contributed by atoms with E-state index in [-0.39, 0.29) is 5.75 Å². The smallest absolute Gasteiger partial charge is 0.166 e. The molecule has 1 N–H and O–H groups in total. The monoisotopic (exact) mass is 290 g/mol. The quantitative estimate of drug-likeness (QED) is 0.679. The summed E-state index contributed by atoms with van der Waals surface area (Å²) in [6, 6.07) is 12.3. The van der Waals surface area contributed by atoms with E-state index >= 15 is 0 Å². The minimum atomic E-state index is 0.0267. The minimum absolute atomic E-state index is 0.0267. The van der Waals surface area contributed by atoms with Gasteiger partial charge in [0.1, 0.15) is 10.9 Å². The predicted molar refractivity (Wildman–Crippen MR) is 76.7 cm³/mol. The van der Waals surface area contributed by atoms with Crippen LogP contribution in [0.3, 0.4) is 0 Å². The fourth-order valence-corrected chi connectivity index (χ4v) is 2.38. The van der Waals surface area contributed by atoms with Gasteiger partial charge in [-0.3, -0.25) is 0 Å². The van der Waals surface area contributed by atoms with Gasteiger partial charge >= 0.3 is 0 Å². The van der Waals surface area contributed by atoms with Crippen LogP contribution in [0.2, 0.25) is 10.2 Å². The van der Waals surface area contributed by atoms with Crippen LogP contribution in [0.25, 0.3) is 22.3 Å². The van der Waals surface area contributed by atoms with Crippen LogP contribution >= 0.6 is 23.2 Å². The highest BCUT2D eigenvalue weighted by atomic mass is 35.5. The summed E-state index contributed by atoms with van der Waals surface area (Å²) >= 11 is 12.2. The largest absolute Gasteiger partial charge is 0.507 e. The lowest BCUT2D eigenvalue weighted by molar-refractivity contribution is 0.477. The number of para-hydroxylation sites is 1. The summed E-state index contributed by atoms with van der Waals surface area (Å²) in [6.07, 6.45) is 0. The maximum Gasteiger partial charge on any atom is 0.166 e. The summed E-state index contributed by atoms with van der Waals surface area (Å²) < 4.78 is 0. The highest BCUT2D eigenvalue weighted by molar-refractivity contribution is 6.35. The topological polar surface area (TPSA) is 46.0 Å². The van der Waals surface area contributed by atoms with Crippen molar-refractivity contribution < 1.29 is 5.11 Å². The predicted octanol–water partition coefficient (Wildman–Crippen LogP) is 4.31. The second kappa shape index (κ2) is 4.68. The Bertz CT molecular complexity index is 754. The zero-order chi connectivity index (χ0) is 13.4. The molecule has 1 aromatic heterocycles. The van der Waals surface area contributed by atoms with Gasteiger partial charge in [0, 0.05) is 5.39 Å². The van der Waals surface area contributed by atoms with Gasteiger partial charge in [0.25, 0.3) is 0 Å². The average molecular weight is 291 g/mol. The van der Waals surface area contributed by atoms with E-state index in [0.29, 0.717) is 27.1 Å². The average Bonchev–Trinajstić information content (AvgIpc) is 2.38. The van der Waals surface area contributed by atoms with Crippen molar-refractivity contribution in [2.45, 2.75) is 0 Å². The van der Waals surface area contributed by atoms with E-state index in [1.54, 1.807) is 12.1 Å². The van der Waals surface area contributed by atoms with Crippen LogP contribution in [0.1, 0.15) is 0 Å². The van der Waals surface area contributed by atoms with Crippen molar-refractivity contribution in [2.24, 2.45) is 0 Å². The van der Waals surface area contributed by atoms with Crippen molar-refractivity contribution in [2.75, 3.05) is 0 Å². The Labute approximate surface area is 119 Å². The third-order valence-electron chi connectivity index (χ3n) is 2.77. The van der Waals surface area contributed by atoms with Crippen molar-refractivity contribution in [3.8, 4) is 17.1 Å². The molecule has 0 radical (unpaired) electrons. The number of hydrogen-bond acceptors (Lipinski definition) is 3. The molecule has 0 aliphatic carbocycles. The van der Waals surface area contributed by atoms with Gasteiger partial charge in [-0.05, 0) is 24.3 Å². The molecule has 94 valence electrons. The molecule has 3 nitrogen and oxygen atoms in total. The van der Waals surface area contributed by atoms with Gasteiger partial charge in [-0.15, -0.1) is 0 Å². The van der Waals surface area contributed by atoms with Crippen LogP contribution in [-0.2, 0) is 0 Å². The van der Waals surface area contributed by atoms with Gasteiger partial charge < -0.3 is 5.11 Å². The van der Waals surface area contributed by atoms with Gasteiger partial charge in [0.05, 0.1) is 16.1 Å². The van der Waals surface area contributed by atoms with Crippen LogP contribution in [0.15, 0.2) is 42.5 Å². The first-order valence-electron chi connectivity index (χ1n) is 5.57. The summed E-state index contributed by atoms with van der Waals surface area (Å²) in [6.45, 7) is 0. The summed E-state index contributed by atoms with van der Waals surface area (Å²) in [7, 11) is 0. The fourth-order valence-electron chi connectivity index (χ4n) is 1.88. The molecule has 0 aliphatic rings. The first-order chi connectivity index (χ1) is 9.16. The molecule has 1 heterocycles. The Balaban J connectivity index is 2.32. The van der Waals surface area contributed by atoms with Crippen molar-refractivity contribution in [1.82, 2.24) is 9.97 Å². The Hall–Kier alpha value is -1.84. The maximum atomic E-state index is 9.90. The number of phenols is 1. The highest BCUT2D eigenvalue weighted by Gasteiger charge is 2.14. The number of hydrogen-bond donors (Lipinski definition) is 1. The fraction of sp³-hybridized carbons (Fsp3) is 0. The van der Waals surface area contributed by atoms with Crippen LogP contribution in [0, 0.1) is 0 Å². The van der Waals surface area contributed by atoms with E-state index in [1.165, 1.54) is 6.07 Å². The van der Waals surface area contributed by atoms with E-state index in [1.807, 2.05) is 24.3 Å². The first-order valence-corrected chi connectivity index (χ1v) is 6.32. The Kier molecular flexibility index (Phi) is 3.01. The molecule has 0 bridgehead atoms. The van der Waals surface area contributed by atoms with Gasteiger partial charge in [0.15, 0.2) is 5.82 Å². The molecule has 0 unspecified atom stereocenters. The molecule has 3 aromatic rings. The number of phenolic OH excluding ortho intramolecular Hbond substituents is 1. The summed E-state index contributed by atoms with van der Waals surface area (Å²) in [5.74, 6) is 0.339. The third kappa shape index (κ3) is 2.11. The van der Waals surface area contributed by atoms with Crippen molar-refractivity contribution in [3.63, 3.8) is 0 Å². The molecule has 3 rings (SSSR count). The number of aromatic nitrogens is 2. The number of halogens is 2. The van der Waals surface area contributed by atoms with E-state index in [4.69, 9.17) is 23.2 Å². The summed E-state index contributed by atoms with van der Waals surface area (Å²) in [4.78, 5) is 8.59. The van der Waals surface area contributed by atoms with E-state index < -0.39 is 0 Å². The van der Waals surface area contributed by atoms with Crippen molar-refractivity contribution >= 4 is 34.1 Å². The van der Waals surface area contributed by atoms with Gasteiger partial charge in [-0.25, -0.2) is 9.97 Å². The molecular weight excluding hydrogens is 283 g/mol. The molecule has 5 heteroatoms. The number of fused-ring (bicyclic) bond motifs is 1. The lowest BCUT2D eigenvalue weighted by Crippen LogP contribution is -1.93. The molecule has 0 amide bonds. The molecule has 0 atom stereocenters. The highest BCUT2D eigenvalue weighted by Crippen LogP contribution is 2.35. The van der Waals surface area contributed by atoms with Crippen LogP contribution in [0.5, 0.6) is 5.75 Å². The van der Waals surface area contributed by atoms with Crippen molar-refractivity contribution in [3.05, 3.63) is 52.6 Å². The molecule has 0 aliphatic heterocycles. The van der Waals surface area contributed by atoms with Gasteiger partial charge in [0.2, 0.25) is 0 Å². The van der Waals surface area contributed by atoms with Crippen LogP contribution in [0.4, 0.5) is 0 Å². The van der Waals surface area contributed by atoms with Crippen molar-refractivity contribution in [1.29, 1.82) is 0 Å². The van der Waals surface area contributed by atoms with E-state index in [2.05, 4.69) is 9.97 Å². The molecule has 19 heavy (non-hydrogen) atoms. The zero-order valence-electron chi connectivity index (χ0n) is 9.64. The second-order valence-corrected chi connectivity index (χ2v) is 4.75. The minimum Gasteiger partial charge on any atom is -0.507 e. The van der Waals surface area contributed by atoms with Crippen LogP contribution < -0.4 is 0 Å². The first kappa shape index (κ1) is 12.2. The normalized spacial score (nSPS) is 10.8. The molecular formula is C14H8Cl2N2O. The second-order valence-electron chi connectivity index (χ2n) is 3.99. The number of nitrogens with zero attached hydrogens (tertiary/aromatic N) is 2. The summed E-state index contributed by atoms with van der Waals surface area (Å²) in [5, 5.41) is 11.4. The number of aromatic hydroxyl groups is 1. The SMILES string of the molecule is Oc1cccc(Cl)c1-c1nc(Cl)c2ccccc2n1. The molecule has 0 saturated carbocycles. The molecule has 0 spiro atoms. The Morgan fingerprint density at radius 3 is 2.47 bits per heavy atom. The third-order valence-corrected chi connectivity index (χ3v) is 3.38. The number of rotatable bonds is 1. The maximum absolute atomic E-state index is 9.90. The standard InChI is InChI=1S/C14H8Cl2N2O/c15-9-5-3-7-11(19)12(9)14-17-10-6-2-1-4-8(10)13(16)18-14/h1-7,19H. The van der Waals surface area contributed by atoms with E-state index in [0.717, 1.165) is 5.39 Å². The van der Waals surface area contributed by atoms with Gasteiger partial charge in [-0.1, -0.05) is 41.4 Å². The molecule has 0 saturated heterocycles. The van der Waals surface area contributed by atoms with E-state index in [9.17, 15) is 5.11 Å². The van der Waals surface area contributed by atoms with Crippen LogP contribution in [-0.4, -0.2) is 15.1 Å². The van der Waals surface area contributed by atoms with Gasteiger partial charge in [-0.2, -0.15) is 0 Å². The Morgan fingerprint density at radius 1 is 0.895 bits per heavy atom. The lowest BCUT2D eigenvalue weighted by Gasteiger charge is -2.07. The number of benzene rings is 2. The zero-order valence-corrected chi connectivity index (χ0v) is 11.2. The lowest BCUT2D eigenvalue weighted by atomic mass is 10.1. The molecule has 2 aromatic carbocycles. The summed E-state index contributed by atoms with van der Waals surface area (Å²) in [5.41, 5.74) is 1.09.